The molecular formula is C18H27N3O3. The third-order valence-electron chi connectivity index (χ3n) is 4.29. The summed E-state index contributed by atoms with van der Waals surface area (Å²) in [7, 11) is 0. The summed E-state index contributed by atoms with van der Waals surface area (Å²) >= 11 is 0. The number of benzene rings is 1. The number of likely N-dealkylation sites (tertiary alicyclic amines) is 1. The third kappa shape index (κ3) is 5.23. The summed E-state index contributed by atoms with van der Waals surface area (Å²) in [5.74, 6) is -0.0846. The normalized spacial score (nSPS) is 16.8. The van der Waals surface area contributed by atoms with Crippen LogP contribution in [0.5, 0.6) is 0 Å². The fourth-order valence-corrected chi connectivity index (χ4v) is 2.77. The van der Waals surface area contributed by atoms with Gasteiger partial charge in [-0.15, -0.1) is 0 Å². The van der Waals surface area contributed by atoms with E-state index in [0.717, 1.165) is 5.56 Å². The van der Waals surface area contributed by atoms with Gasteiger partial charge in [-0.2, -0.15) is 0 Å². The molecule has 0 radical (unpaired) electrons. The Bertz CT molecular complexity index is 540. The topological polar surface area (TPSA) is 81.7 Å². The maximum atomic E-state index is 12.7. The lowest BCUT2D eigenvalue weighted by Crippen LogP contribution is -2.55. The van der Waals surface area contributed by atoms with Crippen LogP contribution < -0.4 is 10.6 Å². The summed E-state index contributed by atoms with van der Waals surface area (Å²) in [6.45, 7) is 5.33. The van der Waals surface area contributed by atoms with Crippen LogP contribution in [0.4, 0.5) is 4.79 Å². The van der Waals surface area contributed by atoms with Crippen molar-refractivity contribution in [1.29, 1.82) is 0 Å². The highest BCUT2D eigenvalue weighted by molar-refractivity contribution is 5.87. The van der Waals surface area contributed by atoms with E-state index in [1.807, 2.05) is 44.2 Å². The second-order valence-corrected chi connectivity index (χ2v) is 6.59. The van der Waals surface area contributed by atoms with Gasteiger partial charge in [-0.3, -0.25) is 4.79 Å². The number of aliphatic hydroxyl groups is 1. The minimum absolute atomic E-state index is 0.00757. The number of amides is 3. The number of carbonyl (C=O) groups is 2. The lowest BCUT2D eigenvalue weighted by Gasteiger charge is -2.34. The molecule has 0 bridgehead atoms. The fourth-order valence-electron chi connectivity index (χ4n) is 2.77. The van der Waals surface area contributed by atoms with Crippen molar-refractivity contribution in [3.8, 4) is 0 Å². The molecule has 132 valence electrons. The van der Waals surface area contributed by atoms with Gasteiger partial charge in [-0.1, -0.05) is 44.2 Å². The van der Waals surface area contributed by atoms with Gasteiger partial charge in [0, 0.05) is 19.6 Å². The molecule has 0 saturated carbocycles. The van der Waals surface area contributed by atoms with Gasteiger partial charge < -0.3 is 20.6 Å². The zero-order valence-electron chi connectivity index (χ0n) is 14.4. The van der Waals surface area contributed by atoms with E-state index in [2.05, 4.69) is 10.6 Å². The molecule has 1 aliphatic rings. The summed E-state index contributed by atoms with van der Waals surface area (Å²) in [6.07, 6.45) is 0.863. The van der Waals surface area contributed by atoms with Gasteiger partial charge in [0.15, 0.2) is 0 Å². The van der Waals surface area contributed by atoms with E-state index in [-0.39, 0.29) is 24.0 Å². The zero-order valence-corrected chi connectivity index (χ0v) is 14.4. The Morgan fingerprint density at radius 2 is 1.83 bits per heavy atom. The molecule has 0 aromatic heterocycles. The molecule has 1 heterocycles. The number of nitrogens with zero attached hydrogens (tertiary/aromatic N) is 1. The zero-order chi connectivity index (χ0) is 17.5. The molecule has 1 aliphatic heterocycles. The maximum Gasteiger partial charge on any atom is 0.315 e. The first-order valence-corrected chi connectivity index (χ1v) is 8.52. The van der Waals surface area contributed by atoms with Gasteiger partial charge in [0.25, 0.3) is 0 Å². The Kier molecular flexibility index (Phi) is 6.61. The fraction of sp³-hybridized carbons (Fsp3) is 0.556. The first kappa shape index (κ1) is 18.3. The SMILES string of the molecule is CC(C)[C@@H](NC(=O)NCc1ccccc1)C(=O)N1CCC(O)CC1. The number of carbonyl (C=O) groups excluding carboxylic acids is 2. The molecular weight excluding hydrogens is 306 g/mol. The molecule has 6 nitrogen and oxygen atoms in total. The van der Waals surface area contributed by atoms with Crippen LogP contribution in [-0.4, -0.2) is 47.2 Å². The van der Waals surface area contributed by atoms with Crippen molar-refractivity contribution in [2.45, 2.75) is 45.4 Å². The minimum atomic E-state index is -0.559. The van der Waals surface area contributed by atoms with Crippen molar-refractivity contribution in [3.63, 3.8) is 0 Å². The van der Waals surface area contributed by atoms with Gasteiger partial charge >= 0.3 is 6.03 Å². The second kappa shape index (κ2) is 8.68. The van der Waals surface area contributed by atoms with Crippen molar-refractivity contribution in [2.75, 3.05) is 13.1 Å². The third-order valence-corrected chi connectivity index (χ3v) is 4.29. The number of hydrogen-bond donors (Lipinski definition) is 3. The van der Waals surface area contributed by atoms with Gasteiger partial charge in [-0.25, -0.2) is 4.79 Å². The molecule has 1 fully saturated rings. The lowest BCUT2D eigenvalue weighted by atomic mass is 10.0. The van der Waals surface area contributed by atoms with E-state index in [9.17, 15) is 14.7 Å². The second-order valence-electron chi connectivity index (χ2n) is 6.59. The van der Waals surface area contributed by atoms with E-state index in [4.69, 9.17) is 0 Å². The Morgan fingerprint density at radius 1 is 1.21 bits per heavy atom. The van der Waals surface area contributed by atoms with E-state index >= 15 is 0 Å². The Morgan fingerprint density at radius 3 is 2.42 bits per heavy atom. The predicted octanol–water partition coefficient (Wildman–Crippen LogP) is 1.49. The van der Waals surface area contributed by atoms with Gasteiger partial charge in [-0.05, 0) is 24.3 Å². The molecule has 2 rings (SSSR count). The van der Waals surface area contributed by atoms with E-state index in [1.165, 1.54) is 0 Å². The average Bonchev–Trinajstić information content (AvgIpc) is 2.58. The number of rotatable bonds is 5. The summed E-state index contributed by atoms with van der Waals surface area (Å²) < 4.78 is 0. The molecule has 1 aromatic rings. The highest BCUT2D eigenvalue weighted by Crippen LogP contribution is 2.14. The highest BCUT2D eigenvalue weighted by atomic mass is 16.3. The molecule has 0 aliphatic carbocycles. The van der Waals surface area contributed by atoms with Crippen LogP contribution in [0.3, 0.4) is 0 Å². The van der Waals surface area contributed by atoms with E-state index in [0.29, 0.717) is 32.5 Å². The van der Waals surface area contributed by atoms with Crippen LogP contribution in [0, 0.1) is 5.92 Å². The molecule has 0 unspecified atom stereocenters. The largest absolute Gasteiger partial charge is 0.393 e. The van der Waals surface area contributed by atoms with Crippen LogP contribution in [0.25, 0.3) is 0 Å². The maximum absolute atomic E-state index is 12.7. The molecule has 3 N–H and O–H groups in total. The number of piperidine rings is 1. The number of aliphatic hydroxyl groups excluding tert-OH is 1. The molecule has 3 amide bonds. The number of urea groups is 1. The molecule has 24 heavy (non-hydrogen) atoms. The van der Waals surface area contributed by atoms with Gasteiger partial charge in [0.2, 0.25) is 5.91 Å². The Labute approximate surface area is 143 Å². The monoisotopic (exact) mass is 333 g/mol. The van der Waals surface area contributed by atoms with Crippen LogP contribution in [0.2, 0.25) is 0 Å². The Balaban J connectivity index is 1.88. The molecule has 0 spiro atoms. The first-order chi connectivity index (χ1) is 11.5. The molecule has 1 aromatic carbocycles. The molecule has 1 atom stereocenters. The highest BCUT2D eigenvalue weighted by Gasteiger charge is 2.30. The van der Waals surface area contributed by atoms with Crippen LogP contribution in [0.1, 0.15) is 32.3 Å². The standard InChI is InChI=1S/C18H27N3O3/c1-13(2)16(17(23)21-10-8-15(22)9-11-21)20-18(24)19-12-14-6-4-3-5-7-14/h3-7,13,15-16,22H,8-12H2,1-2H3,(H2,19,20,24)/t16-/m1/s1. The summed E-state index contributed by atoms with van der Waals surface area (Å²) in [6, 6.07) is 8.72. The van der Waals surface area contributed by atoms with Crippen molar-refractivity contribution in [1.82, 2.24) is 15.5 Å². The first-order valence-electron chi connectivity index (χ1n) is 8.52. The van der Waals surface area contributed by atoms with Crippen molar-refractivity contribution in [3.05, 3.63) is 35.9 Å². The molecule has 1 saturated heterocycles. The quantitative estimate of drug-likeness (QED) is 0.764. The summed E-state index contributed by atoms with van der Waals surface area (Å²) in [5, 5.41) is 15.1. The van der Waals surface area contributed by atoms with Gasteiger partial charge in [0.1, 0.15) is 6.04 Å². The van der Waals surface area contributed by atoms with E-state index in [1.54, 1.807) is 4.90 Å². The Hall–Kier alpha value is -2.08. The van der Waals surface area contributed by atoms with Crippen LogP contribution >= 0.6 is 0 Å². The minimum Gasteiger partial charge on any atom is -0.393 e. The number of hydrogen-bond acceptors (Lipinski definition) is 3. The molecule has 6 heteroatoms. The number of nitrogens with one attached hydrogen (secondary N) is 2. The smallest absolute Gasteiger partial charge is 0.315 e. The summed E-state index contributed by atoms with van der Waals surface area (Å²) in [4.78, 5) is 26.5. The van der Waals surface area contributed by atoms with Crippen molar-refractivity contribution >= 4 is 11.9 Å². The summed E-state index contributed by atoms with van der Waals surface area (Å²) in [5.41, 5.74) is 1.00. The van der Waals surface area contributed by atoms with Gasteiger partial charge in [0.05, 0.1) is 6.10 Å². The van der Waals surface area contributed by atoms with E-state index < -0.39 is 6.04 Å². The lowest BCUT2D eigenvalue weighted by molar-refractivity contribution is -0.136. The van der Waals surface area contributed by atoms with Crippen molar-refractivity contribution in [2.24, 2.45) is 5.92 Å². The predicted molar refractivity (Wildman–Crippen MR) is 92.3 cm³/mol. The van der Waals surface area contributed by atoms with Crippen LogP contribution in [0.15, 0.2) is 30.3 Å². The van der Waals surface area contributed by atoms with Crippen LogP contribution in [-0.2, 0) is 11.3 Å². The average molecular weight is 333 g/mol. The van der Waals surface area contributed by atoms with Crippen molar-refractivity contribution < 1.29 is 14.7 Å².